The van der Waals surface area contributed by atoms with E-state index < -0.39 is 0 Å². The second-order valence-electron chi connectivity index (χ2n) is 5.12. The lowest BCUT2D eigenvalue weighted by atomic mass is 10.2. The number of aromatic nitrogens is 1. The van der Waals surface area contributed by atoms with Crippen molar-refractivity contribution in [2.24, 2.45) is 5.73 Å². The fraction of sp³-hybridized carbons (Fsp3) is 0.400. The van der Waals surface area contributed by atoms with Crippen LogP contribution in [0.15, 0.2) is 34.9 Å². The van der Waals surface area contributed by atoms with Crippen molar-refractivity contribution in [3.8, 4) is 11.5 Å². The molecule has 0 radical (unpaired) electrons. The van der Waals surface area contributed by atoms with Crippen molar-refractivity contribution in [2.75, 3.05) is 26.2 Å². The number of morpholine rings is 1. The van der Waals surface area contributed by atoms with Crippen molar-refractivity contribution >= 4 is 24.0 Å². The van der Waals surface area contributed by atoms with Gasteiger partial charge in [0, 0.05) is 36.8 Å². The van der Waals surface area contributed by atoms with Gasteiger partial charge < -0.3 is 14.9 Å². The maximum absolute atomic E-state index is 5.99. The van der Waals surface area contributed by atoms with E-state index in [0.29, 0.717) is 24.1 Å². The molecule has 1 saturated heterocycles. The third-order valence-corrected chi connectivity index (χ3v) is 3.73. The maximum Gasteiger partial charge on any atom is 0.226 e. The minimum absolute atomic E-state index is 0. The zero-order valence-electron chi connectivity index (χ0n) is 12.1. The molecule has 0 amide bonds. The van der Waals surface area contributed by atoms with E-state index >= 15 is 0 Å². The van der Waals surface area contributed by atoms with Crippen LogP contribution in [-0.2, 0) is 11.3 Å². The number of rotatable bonds is 4. The van der Waals surface area contributed by atoms with Gasteiger partial charge in [0.05, 0.1) is 18.4 Å². The minimum atomic E-state index is 0. The van der Waals surface area contributed by atoms with Crippen molar-refractivity contribution < 1.29 is 9.15 Å². The molecule has 0 bridgehead atoms. The number of nitrogens with two attached hydrogens (primary N) is 1. The third kappa shape index (κ3) is 4.21. The molecular formula is C15H19Cl2N3O2. The minimum Gasteiger partial charge on any atom is -0.444 e. The second kappa shape index (κ2) is 7.94. The average molecular weight is 344 g/mol. The van der Waals surface area contributed by atoms with Gasteiger partial charge >= 0.3 is 0 Å². The fourth-order valence-corrected chi connectivity index (χ4v) is 2.62. The van der Waals surface area contributed by atoms with Gasteiger partial charge in [-0.25, -0.2) is 4.98 Å². The lowest BCUT2D eigenvalue weighted by Gasteiger charge is -2.31. The van der Waals surface area contributed by atoms with Gasteiger partial charge in [0.1, 0.15) is 6.26 Å². The molecule has 1 aliphatic rings. The smallest absolute Gasteiger partial charge is 0.226 e. The summed E-state index contributed by atoms with van der Waals surface area (Å²) in [4.78, 5) is 6.81. The zero-order valence-corrected chi connectivity index (χ0v) is 13.6. The number of hydrogen-bond donors (Lipinski definition) is 1. The summed E-state index contributed by atoms with van der Waals surface area (Å²) in [5, 5.41) is 0.672. The average Bonchev–Trinajstić information content (AvgIpc) is 2.96. The first-order chi connectivity index (χ1) is 10.2. The number of ether oxygens (including phenoxy) is 1. The van der Waals surface area contributed by atoms with Crippen LogP contribution in [0, 0.1) is 0 Å². The summed E-state index contributed by atoms with van der Waals surface area (Å²) in [6.07, 6.45) is 1.81. The van der Waals surface area contributed by atoms with Gasteiger partial charge in [0.15, 0.2) is 0 Å². The Labute approximate surface area is 140 Å². The fourth-order valence-electron chi connectivity index (χ4n) is 2.43. The number of hydrogen-bond acceptors (Lipinski definition) is 5. The molecule has 2 heterocycles. The van der Waals surface area contributed by atoms with Gasteiger partial charge in [0.2, 0.25) is 5.89 Å². The summed E-state index contributed by atoms with van der Waals surface area (Å²) in [6.45, 7) is 3.71. The van der Waals surface area contributed by atoms with E-state index in [4.69, 9.17) is 26.5 Å². The Hall–Kier alpha value is -1.11. The van der Waals surface area contributed by atoms with Crippen molar-refractivity contribution in [2.45, 2.75) is 12.6 Å². The van der Waals surface area contributed by atoms with E-state index in [2.05, 4.69) is 9.88 Å². The predicted octanol–water partition coefficient (Wildman–Crippen LogP) is 2.58. The van der Waals surface area contributed by atoms with E-state index in [9.17, 15) is 0 Å². The molecule has 3 rings (SSSR count). The standard InChI is InChI=1S/C15H18ClN3O2.ClH/c16-12-3-1-2-11(6-12)15-18-13(10-21-15)8-19-4-5-20-14(7-17)9-19;/h1-3,6,10,14H,4-5,7-9,17H2;1H. The summed E-state index contributed by atoms with van der Waals surface area (Å²) >= 11 is 5.99. The first-order valence-electron chi connectivity index (χ1n) is 6.99. The van der Waals surface area contributed by atoms with Crippen molar-refractivity contribution in [1.29, 1.82) is 0 Å². The van der Waals surface area contributed by atoms with E-state index in [0.717, 1.165) is 30.9 Å². The largest absolute Gasteiger partial charge is 0.444 e. The third-order valence-electron chi connectivity index (χ3n) is 3.49. The molecule has 1 atom stereocenters. The predicted molar refractivity (Wildman–Crippen MR) is 88.3 cm³/mol. The monoisotopic (exact) mass is 343 g/mol. The Kier molecular flexibility index (Phi) is 6.23. The molecule has 2 N–H and O–H groups in total. The van der Waals surface area contributed by atoms with E-state index in [1.54, 1.807) is 6.26 Å². The molecule has 1 fully saturated rings. The molecule has 5 nitrogen and oxygen atoms in total. The highest BCUT2D eigenvalue weighted by Crippen LogP contribution is 2.22. The molecule has 0 aliphatic carbocycles. The molecule has 1 aliphatic heterocycles. The van der Waals surface area contributed by atoms with Gasteiger partial charge in [-0.3, -0.25) is 4.90 Å². The lowest BCUT2D eigenvalue weighted by Crippen LogP contribution is -2.45. The van der Waals surface area contributed by atoms with Gasteiger partial charge in [0.25, 0.3) is 0 Å². The molecule has 0 saturated carbocycles. The van der Waals surface area contributed by atoms with Crippen LogP contribution in [0.4, 0.5) is 0 Å². The zero-order chi connectivity index (χ0) is 14.7. The van der Waals surface area contributed by atoms with Crippen molar-refractivity contribution in [3.63, 3.8) is 0 Å². The van der Waals surface area contributed by atoms with E-state index in [-0.39, 0.29) is 18.5 Å². The quantitative estimate of drug-likeness (QED) is 0.924. The van der Waals surface area contributed by atoms with Gasteiger partial charge in [-0.15, -0.1) is 12.4 Å². The Balaban J connectivity index is 0.00000176. The molecular weight excluding hydrogens is 325 g/mol. The number of oxazole rings is 1. The number of nitrogens with zero attached hydrogens (tertiary/aromatic N) is 2. The highest BCUT2D eigenvalue weighted by atomic mass is 35.5. The Morgan fingerprint density at radius 3 is 3.05 bits per heavy atom. The maximum atomic E-state index is 5.99. The van der Waals surface area contributed by atoms with Crippen LogP contribution in [0.3, 0.4) is 0 Å². The van der Waals surface area contributed by atoms with Crippen LogP contribution in [0.1, 0.15) is 5.69 Å². The normalized spacial score (nSPS) is 18.9. The van der Waals surface area contributed by atoms with Gasteiger partial charge in [-0.2, -0.15) is 0 Å². The Morgan fingerprint density at radius 1 is 1.41 bits per heavy atom. The highest BCUT2D eigenvalue weighted by molar-refractivity contribution is 6.30. The lowest BCUT2D eigenvalue weighted by molar-refractivity contribution is -0.0264. The van der Waals surface area contributed by atoms with Crippen molar-refractivity contribution in [1.82, 2.24) is 9.88 Å². The van der Waals surface area contributed by atoms with E-state index in [1.165, 1.54) is 0 Å². The summed E-state index contributed by atoms with van der Waals surface area (Å²) in [5.41, 5.74) is 7.44. The first kappa shape index (κ1) is 17.2. The van der Waals surface area contributed by atoms with Crippen molar-refractivity contribution in [3.05, 3.63) is 41.2 Å². The van der Waals surface area contributed by atoms with Crippen LogP contribution in [0.2, 0.25) is 5.02 Å². The summed E-state index contributed by atoms with van der Waals surface area (Å²) < 4.78 is 11.1. The first-order valence-corrected chi connectivity index (χ1v) is 7.37. The summed E-state index contributed by atoms with van der Waals surface area (Å²) in [5.74, 6) is 0.594. The molecule has 0 spiro atoms. The molecule has 22 heavy (non-hydrogen) atoms. The SMILES string of the molecule is Cl.NCC1CN(Cc2coc(-c3cccc(Cl)c3)n2)CCO1. The van der Waals surface area contributed by atoms with Crippen LogP contribution in [-0.4, -0.2) is 42.2 Å². The topological polar surface area (TPSA) is 64.5 Å². The second-order valence-corrected chi connectivity index (χ2v) is 5.55. The van der Waals surface area contributed by atoms with Crippen LogP contribution in [0.5, 0.6) is 0 Å². The highest BCUT2D eigenvalue weighted by Gasteiger charge is 2.20. The van der Waals surface area contributed by atoms with Crippen LogP contribution < -0.4 is 5.73 Å². The molecule has 2 aromatic rings. The Bertz CT molecular complexity index is 606. The van der Waals surface area contributed by atoms with Gasteiger partial charge in [-0.05, 0) is 18.2 Å². The number of halogens is 2. The number of benzene rings is 1. The molecule has 1 aromatic carbocycles. The molecule has 120 valence electrons. The van der Waals surface area contributed by atoms with E-state index in [1.807, 2.05) is 24.3 Å². The molecule has 7 heteroatoms. The van der Waals surface area contributed by atoms with Crippen LogP contribution in [0.25, 0.3) is 11.5 Å². The summed E-state index contributed by atoms with van der Waals surface area (Å²) in [7, 11) is 0. The van der Waals surface area contributed by atoms with Gasteiger partial charge in [-0.1, -0.05) is 17.7 Å². The summed E-state index contributed by atoms with van der Waals surface area (Å²) in [6, 6.07) is 7.49. The Morgan fingerprint density at radius 2 is 2.27 bits per heavy atom. The molecule has 1 unspecified atom stereocenters. The molecule has 1 aromatic heterocycles. The van der Waals surface area contributed by atoms with Crippen LogP contribution >= 0.6 is 24.0 Å².